The fourth-order valence-corrected chi connectivity index (χ4v) is 6.07. The van der Waals surface area contributed by atoms with Crippen LogP contribution in [-0.4, -0.2) is 51.4 Å². The van der Waals surface area contributed by atoms with Gasteiger partial charge in [-0.1, -0.05) is 24.3 Å². The highest BCUT2D eigenvalue weighted by Crippen LogP contribution is 2.43. The van der Waals surface area contributed by atoms with Crippen molar-refractivity contribution in [2.45, 2.75) is 30.7 Å². The maximum Gasteiger partial charge on any atom is 0.308 e. The molecule has 1 amide bonds. The maximum atomic E-state index is 13.2. The average molecular weight is 402 g/mol. The van der Waals surface area contributed by atoms with E-state index < -0.39 is 16.1 Å². The monoisotopic (exact) mass is 402 g/mol. The number of esters is 1. The van der Waals surface area contributed by atoms with Crippen molar-refractivity contribution in [2.75, 3.05) is 24.5 Å². The van der Waals surface area contributed by atoms with E-state index in [0.29, 0.717) is 37.0 Å². The number of anilines is 1. The zero-order chi connectivity index (χ0) is 20.1. The number of benzene rings is 2. The molecule has 0 spiro atoms. The Labute approximate surface area is 163 Å². The molecule has 0 bridgehead atoms. The van der Waals surface area contributed by atoms with E-state index in [1.807, 2.05) is 12.1 Å². The van der Waals surface area contributed by atoms with Gasteiger partial charge < -0.3 is 9.64 Å². The number of carbonyl (C=O) groups is 2. The Balaban J connectivity index is 1.61. The first-order valence-electron chi connectivity index (χ1n) is 9.29. The summed E-state index contributed by atoms with van der Waals surface area (Å²) >= 11 is 0. The van der Waals surface area contributed by atoms with Crippen LogP contribution < -0.4 is 4.31 Å². The molecule has 7 nitrogen and oxygen atoms in total. The van der Waals surface area contributed by atoms with Crippen LogP contribution in [0.25, 0.3) is 10.8 Å². The van der Waals surface area contributed by atoms with Crippen molar-refractivity contribution < 1.29 is 22.7 Å². The highest BCUT2D eigenvalue weighted by Gasteiger charge is 2.42. The fraction of sp³-hybridized carbons (Fsp3) is 0.400. The Hall–Kier alpha value is -2.61. The molecule has 1 atom stereocenters. The van der Waals surface area contributed by atoms with Crippen molar-refractivity contribution in [3.8, 4) is 0 Å². The van der Waals surface area contributed by atoms with Gasteiger partial charge in [-0.15, -0.1) is 0 Å². The lowest BCUT2D eigenvalue weighted by Crippen LogP contribution is -2.51. The number of hydrogen-bond acceptors (Lipinski definition) is 5. The highest BCUT2D eigenvalue weighted by atomic mass is 32.2. The SMILES string of the molecule is COC(=O)C1CCN(C(=O)[C@@H](C)N2c3cccc4cccc(c34)S2(=O)=O)CC1. The Morgan fingerprint density at radius 2 is 1.75 bits per heavy atom. The van der Waals surface area contributed by atoms with Gasteiger partial charge in [-0.3, -0.25) is 13.9 Å². The van der Waals surface area contributed by atoms with Gasteiger partial charge in [0.25, 0.3) is 10.0 Å². The highest BCUT2D eigenvalue weighted by molar-refractivity contribution is 7.93. The van der Waals surface area contributed by atoms with Crippen LogP contribution in [0.1, 0.15) is 19.8 Å². The van der Waals surface area contributed by atoms with Crippen molar-refractivity contribution in [1.29, 1.82) is 0 Å². The molecule has 0 saturated carbocycles. The third-order valence-corrected chi connectivity index (χ3v) is 7.60. The first-order chi connectivity index (χ1) is 13.4. The van der Waals surface area contributed by atoms with Crippen molar-refractivity contribution in [2.24, 2.45) is 5.92 Å². The van der Waals surface area contributed by atoms with Gasteiger partial charge in [-0.25, -0.2) is 8.42 Å². The van der Waals surface area contributed by atoms with E-state index in [9.17, 15) is 18.0 Å². The summed E-state index contributed by atoms with van der Waals surface area (Å²) in [5, 5.41) is 1.49. The summed E-state index contributed by atoms with van der Waals surface area (Å²) in [6.07, 6.45) is 1.04. The second kappa shape index (κ2) is 6.77. The normalized spacial score (nSPS) is 19.6. The molecule has 2 aliphatic rings. The minimum Gasteiger partial charge on any atom is -0.469 e. The summed E-state index contributed by atoms with van der Waals surface area (Å²) in [4.78, 5) is 26.7. The quantitative estimate of drug-likeness (QED) is 0.735. The molecule has 2 heterocycles. The number of amides is 1. The molecule has 1 fully saturated rings. The predicted molar refractivity (Wildman–Crippen MR) is 104 cm³/mol. The number of carbonyl (C=O) groups excluding carboxylic acids is 2. The largest absolute Gasteiger partial charge is 0.469 e. The predicted octanol–water partition coefficient (Wildman–Crippen LogP) is 2.15. The van der Waals surface area contributed by atoms with Gasteiger partial charge in [0.05, 0.1) is 23.6 Å². The minimum atomic E-state index is -3.80. The molecule has 148 valence electrons. The first kappa shape index (κ1) is 18.7. The standard InChI is InChI=1S/C20H22N2O5S/c1-13(19(23)21-11-9-15(10-12-21)20(24)27-2)22-16-7-3-5-14-6-4-8-17(18(14)16)28(22,25)26/h3-8,13,15H,9-12H2,1-2H3/t13-/m1/s1. The number of rotatable bonds is 3. The number of methoxy groups -OCH3 is 1. The fourth-order valence-electron chi connectivity index (χ4n) is 4.20. The average Bonchev–Trinajstić information content (AvgIpc) is 2.95. The smallest absolute Gasteiger partial charge is 0.308 e. The van der Waals surface area contributed by atoms with Crippen LogP contribution in [0.4, 0.5) is 5.69 Å². The zero-order valence-corrected chi connectivity index (χ0v) is 16.6. The van der Waals surface area contributed by atoms with Crippen molar-refractivity contribution in [3.05, 3.63) is 36.4 Å². The van der Waals surface area contributed by atoms with E-state index in [1.54, 1.807) is 36.1 Å². The lowest BCUT2D eigenvalue weighted by atomic mass is 9.96. The number of nitrogens with zero attached hydrogens (tertiary/aromatic N) is 2. The molecule has 28 heavy (non-hydrogen) atoms. The molecule has 2 aromatic rings. The molecular formula is C20H22N2O5S. The summed E-state index contributed by atoms with van der Waals surface area (Å²) in [5.41, 5.74) is 0.540. The van der Waals surface area contributed by atoms with Gasteiger partial charge >= 0.3 is 5.97 Å². The van der Waals surface area contributed by atoms with Gasteiger partial charge in [0, 0.05) is 18.5 Å². The van der Waals surface area contributed by atoms with Gasteiger partial charge in [0.15, 0.2) is 0 Å². The molecule has 4 rings (SSSR count). The number of ether oxygens (including phenoxy) is 1. The summed E-state index contributed by atoms with van der Waals surface area (Å²) in [6.45, 7) is 2.44. The number of hydrogen-bond donors (Lipinski definition) is 0. The Kier molecular flexibility index (Phi) is 4.53. The van der Waals surface area contributed by atoms with E-state index in [2.05, 4.69) is 0 Å². The summed E-state index contributed by atoms with van der Waals surface area (Å²) < 4.78 is 32.4. The van der Waals surface area contributed by atoms with E-state index >= 15 is 0 Å². The van der Waals surface area contributed by atoms with Crippen LogP contribution in [0.15, 0.2) is 41.3 Å². The number of piperidine rings is 1. The molecule has 0 aromatic heterocycles. The Bertz CT molecular complexity index is 1050. The second-order valence-corrected chi connectivity index (χ2v) is 9.01. The molecule has 2 aromatic carbocycles. The summed E-state index contributed by atoms with van der Waals surface area (Å²) in [7, 11) is -2.44. The molecule has 0 radical (unpaired) electrons. The van der Waals surface area contributed by atoms with Crippen molar-refractivity contribution in [3.63, 3.8) is 0 Å². The Morgan fingerprint density at radius 1 is 1.11 bits per heavy atom. The van der Waals surface area contributed by atoms with Crippen LogP contribution in [0, 0.1) is 5.92 Å². The third-order valence-electron chi connectivity index (χ3n) is 5.67. The van der Waals surface area contributed by atoms with Crippen molar-refractivity contribution >= 4 is 38.4 Å². The molecule has 0 aliphatic carbocycles. The number of likely N-dealkylation sites (tertiary alicyclic amines) is 1. The zero-order valence-electron chi connectivity index (χ0n) is 15.8. The number of sulfonamides is 1. The van der Waals surface area contributed by atoms with Crippen LogP contribution >= 0.6 is 0 Å². The topological polar surface area (TPSA) is 84.0 Å². The molecule has 0 unspecified atom stereocenters. The molecule has 8 heteroatoms. The van der Waals surface area contributed by atoms with Gasteiger partial charge in [-0.2, -0.15) is 0 Å². The van der Waals surface area contributed by atoms with Crippen LogP contribution in [0.5, 0.6) is 0 Å². The van der Waals surface area contributed by atoms with E-state index in [4.69, 9.17) is 4.74 Å². The summed E-state index contributed by atoms with van der Waals surface area (Å²) in [5.74, 6) is -0.723. The third kappa shape index (κ3) is 2.74. The molecule has 1 saturated heterocycles. The molecule has 2 aliphatic heterocycles. The van der Waals surface area contributed by atoms with Crippen LogP contribution in [0.2, 0.25) is 0 Å². The lowest BCUT2D eigenvalue weighted by molar-refractivity contribution is -0.149. The van der Waals surface area contributed by atoms with E-state index in [1.165, 1.54) is 11.4 Å². The Morgan fingerprint density at radius 3 is 2.39 bits per heavy atom. The molecule has 0 N–H and O–H groups in total. The lowest BCUT2D eigenvalue weighted by Gasteiger charge is -2.35. The van der Waals surface area contributed by atoms with Gasteiger partial charge in [-0.05, 0) is 37.3 Å². The van der Waals surface area contributed by atoms with E-state index in [0.717, 1.165) is 5.39 Å². The van der Waals surface area contributed by atoms with Gasteiger partial charge in [0.2, 0.25) is 5.91 Å². The van der Waals surface area contributed by atoms with Crippen LogP contribution in [0.3, 0.4) is 0 Å². The minimum absolute atomic E-state index is 0.210. The second-order valence-electron chi connectivity index (χ2n) is 7.23. The van der Waals surface area contributed by atoms with Crippen molar-refractivity contribution in [1.82, 2.24) is 4.90 Å². The maximum absolute atomic E-state index is 13.2. The molecular weight excluding hydrogens is 380 g/mol. The first-order valence-corrected chi connectivity index (χ1v) is 10.7. The van der Waals surface area contributed by atoms with Crippen LogP contribution in [-0.2, 0) is 24.3 Å². The summed E-state index contributed by atoms with van der Waals surface area (Å²) in [6, 6.07) is 9.71. The van der Waals surface area contributed by atoms with Gasteiger partial charge in [0.1, 0.15) is 6.04 Å². The van der Waals surface area contributed by atoms with E-state index in [-0.39, 0.29) is 22.7 Å².